The Morgan fingerprint density at radius 2 is 1.95 bits per heavy atom. The predicted molar refractivity (Wildman–Crippen MR) is 86.8 cm³/mol. The number of aromatic nitrogens is 4. The van der Waals surface area contributed by atoms with Gasteiger partial charge in [-0.3, -0.25) is 4.68 Å². The summed E-state index contributed by atoms with van der Waals surface area (Å²) in [6.45, 7) is 0. The summed E-state index contributed by atoms with van der Waals surface area (Å²) in [6, 6.07) is 11.0. The van der Waals surface area contributed by atoms with Crippen molar-refractivity contribution in [2.45, 2.75) is 31.7 Å². The fourth-order valence-electron chi connectivity index (χ4n) is 2.61. The third-order valence-electron chi connectivity index (χ3n) is 4.04. The van der Waals surface area contributed by atoms with Crippen molar-refractivity contribution in [2.75, 3.05) is 5.32 Å². The van der Waals surface area contributed by atoms with Crippen LogP contribution in [-0.2, 0) is 19.9 Å². The Balaban J connectivity index is 1.63. The molecular weight excluding hydrogens is 274 g/mol. The van der Waals surface area contributed by atoms with Gasteiger partial charge in [-0.15, -0.1) is 0 Å². The van der Waals surface area contributed by atoms with E-state index in [0.717, 1.165) is 35.5 Å². The molecule has 1 aliphatic rings. The molecule has 22 heavy (non-hydrogen) atoms. The van der Waals surface area contributed by atoms with Gasteiger partial charge in [0.15, 0.2) is 5.65 Å². The minimum absolute atomic E-state index is 0.570. The first kappa shape index (κ1) is 13.2. The lowest BCUT2D eigenvalue weighted by Gasteiger charge is -2.08. The van der Waals surface area contributed by atoms with Crippen molar-refractivity contribution in [3.8, 4) is 0 Å². The number of nitrogens with zero attached hydrogens (tertiary/aromatic N) is 4. The molecular formula is C17H19N5. The molecule has 2 heterocycles. The van der Waals surface area contributed by atoms with Gasteiger partial charge in [0.1, 0.15) is 11.6 Å². The lowest BCUT2D eigenvalue weighted by atomic mass is 10.1. The molecule has 0 atom stereocenters. The smallest absolute Gasteiger partial charge is 0.163 e. The second-order valence-corrected chi connectivity index (χ2v) is 5.90. The molecule has 4 rings (SSSR count). The molecule has 1 aromatic carbocycles. The van der Waals surface area contributed by atoms with Gasteiger partial charge in [-0.05, 0) is 24.8 Å². The third kappa shape index (κ3) is 2.66. The summed E-state index contributed by atoms with van der Waals surface area (Å²) in [5.41, 5.74) is 2.22. The van der Waals surface area contributed by atoms with Crippen LogP contribution in [0.2, 0.25) is 0 Å². The molecule has 1 aliphatic carbocycles. The Morgan fingerprint density at radius 3 is 2.73 bits per heavy atom. The van der Waals surface area contributed by atoms with Crippen LogP contribution in [0.25, 0.3) is 11.0 Å². The van der Waals surface area contributed by atoms with E-state index < -0.39 is 0 Å². The Hall–Kier alpha value is -2.43. The molecule has 1 fully saturated rings. The first-order valence-electron chi connectivity index (χ1n) is 7.79. The van der Waals surface area contributed by atoms with E-state index in [1.54, 1.807) is 0 Å². The van der Waals surface area contributed by atoms with Crippen LogP contribution in [-0.4, -0.2) is 25.8 Å². The molecule has 5 heteroatoms. The van der Waals surface area contributed by atoms with Crippen molar-refractivity contribution in [2.24, 2.45) is 7.05 Å². The van der Waals surface area contributed by atoms with E-state index in [9.17, 15) is 0 Å². The summed E-state index contributed by atoms with van der Waals surface area (Å²) in [6.07, 6.45) is 6.09. The van der Waals surface area contributed by atoms with E-state index in [2.05, 4.69) is 39.7 Å². The lowest BCUT2D eigenvalue weighted by molar-refractivity contribution is 0.775. The number of hydrogen-bond donors (Lipinski definition) is 1. The van der Waals surface area contributed by atoms with Crippen LogP contribution in [0.5, 0.6) is 0 Å². The first-order valence-corrected chi connectivity index (χ1v) is 7.79. The zero-order valence-corrected chi connectivity index (χ0v) is 12.7. The van der Waals surface area contributed by atoms with Gasteiger partial charge in [-0.1, -0.05) is 30.3 Å². The highest BCUT2D eigenvalue weighted by atomic mass is 15.3. The van der Waals surface area contributed by atoms with Crippen molar-refractivity contribution < 1.29 is 0 Å². The summed E-state index contributed by atoms with van der Waals surface area (Å²) in [7, 11) is 1.93. The predicted octanol–water partition coefficient (Wildman–Crippen LogP) is 2.72. The average Bonchev–Trinajstić information content (AvgIpc) is 3.29. The average molecular weight is 293 g/mol. The van der Waals surface area contributed by atoms with E-state index in [1.165, 1.54) is 18.4 Å². The van der Waals surface area contributed by atoms with Crippen LogP contribution in [0.1, 0.15) is 24.2 Å². The fourth-order valence-corrected chi connectivity index (χ4v) is 2.61. The third-order valence-corrected chi connectivity index (χ3v) is 4.04. The van der Waals surface area contributed by atoms with Crippen LogP contribution in [0.15, 0.2) is 36.5 Å². The minimum atomic E-state index is 0.570. The van der Waals surface area contributed by atoms with Gasteiger partial charge in [0.05, 0.1) is 11.6 Å². The Kier molecular flexibility index (Phi) is 3.25. The van der Waals surface area contributed by atoms with Crippen LogP contribution in [0.3, 0.4) is 0 Å². The number of benzene rings is 1. The zero-order valence-electron chi connectivity index (χ0n) is 12.7. The normalized spacial score (nSPS) is 14.4. The second kappa shape index (κ2) is 5.40. The van der Waals surface area contributed by atoms with Crippen LogP contribution in [0, 0.1) is 0 Å². The van der Waals surface area contributed by atoms with Gasteiger partial charge < -0.3 is 5.32 Å². The maximum Gasteiger partial charge on any atom is 0.163 e. The number of nitrogens with one attached hydrogen (secondary N) is 1. The van der Waals surface area contributed by atoms with Crippen molar-refractivity contribution in [3.63, 3.8) is 0 Å². The van der Waals surface area contributed by atoms with Gasteiger partial charge in [0, 0.05) is 19.5 Å². The van der Waals surface area contributed by atoms with E-state index in [-0.39, 0.29) is 0 Å². The summed E-state index contributed by atoms with van der Waals surface area (Å²) >= 11 is 0. The molecule has 0 bridgehead atoms. The fraction of sp³-hybridized carbons (Fsp3) is 0.353. The largest absolute Gasteiger partial charge is 0.367 e. The zero-order chi connectivity index (χ0) is 14.9. The molecule has 0 radical (unpaired) electrons. The molecule has 1 saturated carbocycles. The van der Waals surface area contributed by atoms with E-state index in [1.807, 2.05) is 24.0 Å². The van der Waals surface area contributed by atoms with Gasteiger partial charge in [-0.25, -0.2) is 9.97 Å². The maximum absolute atomic E-state index is 4.73. The van der Waals surface area contributed by atoms with E-state index in [4.69, 9.17) is 4.98 Å². The topological polar surface area (TPSA) is 55.6 Å². The van der Waals surface area contributed by atoms with E-state index in [0.29, 0.717) is 6.04 Å². The quantitative estimate of drug-likeness (QED) is 0.786. The SMILES string of the molecule is Cn1ncc2c(NC3CC3)nc(CCc3ccccc3)nc21. The minimum Gasteiger partial charge on any atom is -0.367 e. The second-order valence-electron chi connectivity index (χ2n) is 5.90. The molecule has 2 aromatic heterocycles. The molecule has 0 saturated heterocycles. The van der Waals surface area contributed by atoms with Crippen molar-refractivity contribution >= 4 is 16.9 Å². The van der Waals surface area contributed by atoms with Gasteiger partial charge in [-0.2, -0.15) is 5.10 Å². The Labute approximate surface area is 129 Å². The van der Waals surface area contributed by atoms with Crippen LogP contribution >= 0.6 is 0 Å². The monoisotopic (exact) mass is 293 g/mol. The summed E-state index contributed by atoms with van der Waals surface area (Å²) in [5, 5.41) is 8.84. The molecule has 0 unspecified atom stereocenters. The van der Waals surface area contributed by atoms with E-state index >= 15 is 0 Å². The van der Waals surface area contributed by atoms with Crippen molar-refractivity contribution in [1.29, 1.82) is 0 Å². The van der Waals surface area contributed by atoms with Crippen LogP contribution in [0.4, 0.5) is 5.82 Å². The van der Waals surface area contributed by atoms with Crippen molar-refractivity contribution in [3.05, 3.63) is 47.9 Å². The molecule has 112 valence electrons. The first-order chi connectivity index (χ1) is 10.8. The highest BCUT2D eigenvalue weighted by Gasteiger charge is 2.23. The molecule has 0 amide bonds. The van der Waals surface area contributed by atoms with Gasteiger partial charge in [0.2, 0.25) is 0 Å². The van der Waals surface area contributed by atoms with Gasteiger partial charge >= 0.3 is 0 Å². The summed E-state index contributed by atoms with van der Waals surface area (Å²) < 4.78 is 1.82. The van der Waals surface area contributed by atoms with Crippen LogP contribution < -0.4 is 5.32 Å². The number of anilines is 1. The number of hydrogen-bond acceptors (Lipinski definition) is 4. The molecule has 3 aromatic rings. The number of fused-ring (bicyclic) bond motifs is 1. The maximum atomic E-state index is 4.73. The summed E-state index contributed by atoms with van der Waals surface area (Å²) in [4.78, 5) is 9.42. The number of aryl methyl sites for hydroxylation is 3. The summed E-state index contributed by atoms with van der Waals surface area (Å²) in [5.74, 6) is 1.81. The van der Waals surface area contributed by atoms with Gasteiger partial charge in [0.25, 0.3) is 0 Å². The highest BCUT2D eigenvalue weighted by Crippen LogP contribution is 2.27. The number of rotatable bonds is 5. The highest BCUT2D eigenvalue weighted by molar-refractivity contribution is 5.86. The standard InChI is InChI=1S/C17H19N5/c1-22-17-14(11-18-22)16(19-13-8-9-13)20-15(21-17)10-7-12-5-3-2-4-6-12/h2-6,11,13H,7-10H2,1H3,(H,19,20,21). The molecule has 0 spiro atoms. The Morgan fingerprint density at radius 1 is 1.14 bits per heavy atom. The molecule has 1 N–H and O–H groups in total. The molecule has 0 aliphatic heterocycles. The molecule has 5 nitrogen and oxygen atoms in total. The Bertz CT molecular complexity index is 789. The van der Waals surface area contributed by atoms with Crippen molar-refractivity contribution in [1.82, 2.24) is 19.7 Å². The lowest BCUT2D eigenvalue weighted by Crippen LogP contribution is -2.08.